The number of rotatable bonds is 10. The molecule has 1 aliphatic rings. The third-order valence-corrected chi connectivity index (χ3v) is 9.79. The van der Waals surface area contributed by atoms with Crippen molar-refractivity contribution in [3.8, 4) is 0 Å². The van der Waals surface area contributed by atoms with Crippen LogP contribution in [-0.4, -0.2) is 67.4 Å². The minimum atomic E-state index is -5.14. The highest BCUT2D eigenvalue weighted by molar-refractivity contribution is 7.90. The Hall–Kier alpha value is -4.28. The maximum absolute atomic E-state index is 14.3. The van der Waals surface area contributed by atoms with E-state index in [2.05, 4.69) is 15.4 Å². The van der Waals surface area contributed by atoms with Crippen molar-refractivity contribution in [2.75, 3.05) is 6.54 Å². The smallest absolute Gasteiger partial charge is 0.420 e. The average molecular weight is 744 g/mol. The van der Waals surface area contributed by atoms with Gasteiger partial charge in [0.2, 0.25) is 5.76 Å². The zero-order chi connectivity index (χ0) is 37.8. The Balaban J connectivity index is 1.88. The fraction of sp³-hybridized carbons (Fsp3) is 0.424. The van der Waals surface area contributed by atoms with E-state index in [1.807, 2.05) is 4.72 Å². The maximum Gasteiger partial charge on any atom is 0.451 e. The van der Waals surface area contributed by atoms with E-state index in [1.54, 1.807) is 20.8 Å². The van der Waals surface area contributed by atoms with Crippen LogP contribution in [0.1, 0.15) is 75.1 Å². The Labute approximate surface area is 293 Å². The van der Waals surface area contributed by atoms with Crippen LogP contribution < -0.4 is 15.4 Å². The van der Waals surface area contributed by atoms with Crippen LogP contribution in [0.15, 0.2) is 64.9 Å². The number of nitrogens with zero attached hydrogens (tertiary/aromatic N) is 1. The number of allylic oxidation sites excluding steroid dienone is 2. The van der Waals surface area contributed by atoms with Gasteiger partial charge >= 0.3 is 24.1 Å². The van der Waals surface area contributed by atoms with Crippen LogP contribution >= 0.6 is 11.6 Å². The summed E-state index contributed by atoms with van der Waals surface area (Å²) in [4.78, 5) is 65.6. The van der Waals surface area contributed by atoms with Crippen molar-refractivity contribution in [2.24, 2.45) is 11.8 Å². The van der Waals surface area contributed by atoms with E-state index in [0.717, 1.165) is 6.92 Å². The molecule has 3 atom stereocenters. The minimum absolute atomic E-state index is 0.00717. The lowest BCUT2D eigenvalue weighted by Crippen LogP contribution is -2.68. The summed E-state index contributed by atoms with van der Waals surface area (Å²) in [7, 11) is -4.23. The number of benzene rings is 2. The summed E-state index contributed by atoms with van der Waals surface area (Å²) in [6, 6.07) is 6.99. The van der Waals surface area contributed by atoms with Gasteiger partial charge in [-0.25, -0.2) is 22.7 Å². The molecule has 2 aromatic rings. The molecule has 50 heavy (non-hydrogen) atoms. The number of nitrogens with one attached hydrogen (secondary N) is 3. The minimum Gasteiger partial charge on any atom is -0.420 e. The number of hydrogen-bond donors (Lipinski definition) is 3. The largest absolute Gasteiger partial charge is 0.451 e. The molecular weight excluding hydrogens is 705 g/mol. The van der Waals surface area contributed by atoms with Crippen molar-refractivity contribution in [3.05, 3.63) is 76.1 Å². The number of amides is 5. The van der Waals surface area contributed by atoms with E-state index >= 15 is 0 Å². The van der Waals surface area contributed by atoms with Gasteiger partial charge in [-0.15, -0.1) is 0 Å². The molecule has 1 aliphatic heterocycles. The first-order valence-corrected chi connectivity index (χ1v) is 17.4. The lowest BCUT2D eigenvalue weighted by Gasteiger charge is -2.37. The van der Waals surface area contributed by atoms with Crippen molar-refractivity contribution < 1.29 is 54.8 Å². The zero-order valence-electron chi connectivity index (χ0n) is 28.2. The summed E-state index contributed by atoms with van der Waals surface area (Å²) in [5, 5.41) is 5.16. The number of ether oxygens (including phenoxy) is 1. The fourth-order valence-corrected chi connectivity index (χ4v) is 6.61. The van der Waals surface area contributed by atoms with Crippen molar-refractivity contribution in [2.45, 2.75) is 77.5 Å². The van der Waals surface area contributed by atoms with Crippen LogP contribution in [0, 0.1) is 11.8 Å². The Kier molecular flexibility index (Phi) is 12.6. The average Bonchev–Trinajstić information content (AvgIpc) is 3.42. The van der Waals surface area contributed by atoms with Crippen LogP contribution in [0.4, 0.5) is 18.0 Å². The molecule has 3 N–H and O–H groups in total. The van der Waals surface area contributed by atoms with E-state index in [-0.39, 0.29) is 22.6 Å². The monoisotopic (exact) mass is 743 g/mol. The number of urea groups is 1. The van der Waals surface area contributed by atoms with Gasteiger partial charge in [0.15, 0.2) is 0 Å². The van der Waals surface area contributed by atoms with Crippen molar-refractivity contribution in [1.82, 2.24) is 15.4 Å². The first-order valence-electron chi connectivity index (χ1n) is 15.6. The van der Waals surface area contributed by atoms with Gasteiger partial charge in [-0.3, -0.25) is 19.7 Å². The molecule has 0 saturated carbocycles. The zero-order valence-corrected chi connectivity index (χ0v) is 29.8. The van der Waals surface area contributed by atoms with Gasteiger partial charge in [0.25, 0.3) is 21.8 Å². The van der Waals surface area contributed by atoms with Gasteiger partial charge in [-0.1, -0.05) is 39.3 Å². The summed E-state index contributed by atoms with van der Waals surface area (Å²) in [5.74, 6) is -7.01. The van der Waals surface area contributed by atoms with Gasteiger partial charge in [0.1, 0.15) is 12.1 Å². The molecule has 17 heteroatoms. The number of carbonyl (C=O) groups is 5. The first-order chi connectivity index (χ1) is 23.1. The highest BCUT2D eigenvalue weighted by Crippen LogP contribution is 2.34. The molecule has 272 valence electrons. The molecule has 1 heterocycles. The molecule has 0 aromatic heterocycles. The maximum atomic E-state index is 14.3. The Morgan fingerprint density at radius 1 is 0.920 bits per heavy atom. The molecule has 0 spiro atoms. The highest BCUT2D eigenvalue weighted by atomic mass is 35.5. The SMILES string of the molecule is CC(=O)OC(=C(NC(=O)[N+]1(C(=O)[C@@H](NC(=O)c2ccc(C(=O)NS(=O)(=O)c3ccc(Cl)cc3)cc2)C(C)C)CCC[C@H]1C)C(C)C)C(F)(F)F. The number of hydrogen-bond acceptors (Lipinski definition) is 8. The second kappa shape index (κ2) is 15.7. The molecule has 0 bridgehead atoms. The summed E-state index contributed by atoms with van der Waals surface area (Å²) in [6.45, 7) is 8.29. The molecule has 0 radical (unpaired) electrons. The van der Waals surface area contributed by atoms with Crippen LogP contribution in [0.25, 0.3) is 0 Å². The van der Waals surface area contributed by atoms with Crippen molar-refractivity contribution in [3.63, 3.8) is 0 Å². The van der Waals surface area contributed by atoms with Crippen LogP contribution in [0.3, 0.4) is 0 Å². The van der Waals surface area contributed by atoms with E-state index in [4.69, 9.17) is 11.6 Å². The molecule has 0 aliphatic carbocycles. The molecule has 3 rings (SSSR count). The van der Waals surface area contributed by atoms with Crippen LogP contribution in [-0.2, 0) is 24.3 Å². The van der Waals surface area contributed by atoms with Crippen LogP contribution in [0.5, 0.6) is 0 Å². The van der Waals surface area contributed by atoms with Crippen molar-refractivity contribution in [1.29, 1.82) is 0 Å². The van der Waals surface area contributed by atoms with Crippen LogP contribution in [0.2, 0.25) is 5.02 Å². The molecule has 2 aromatic carbocycles. The van der Waals surface area contributed by atoms with Gasteiger partial charge in [-0.2, -0.15) is 17.7 Å². The predicted octanol–water partition coefficient (Wildman–Crippen LogP) is 5.44. The normalized spacial score (nSPS) is 19.0. The summed E-state index contributed by atoms with van der Waals surface area (Å²) in [6.07, 6.45) is -4.38. The number of sulfonamides is 1. The molecule has 5 amide bonds. The summed E-state index contributed by atoms with van der Waals surface area (Å²) in [5.41, 5.74) is -0.826. The lowest BCUT2D eigenvalue weighted by molar-refractivity contribution is -0.785. The van der Waals surface area contributed by atoms with E-state index < -0.39 is 85.8 Å². The number of carbonyl (C=O) groups excluding carboxylic acids is 5. The number of alkyl halides is 3. The molecule has 1 fully saturated rings. The Bertz CT molecular complexity index is 1780. The van der Waals surface area contributed by atoms with Gasteiger partial charge in [0, 0.05) is 35.9 Å². The second-order valence-corrected chi connectivity index (χ2v) is 14.6. The van der Waals surface area contributed by atoms with Crippen molar-refractivity contribution >= 4 is 51.3 Å². The molecule has 12 nitrogen and oxygen atoms in total. The van der Waals surface area contributed by atoms with Gasteiger partial charge in [0.05, 0.1) is 17.1 Å². The Morgan fingerprint density at radius 2 is 1.46 bits per heavy atom. The molecular formula is C33H39ClF3N4O8S+. The number of likely N-dealkylation sites (tertiary alicyclic amines) is 1. The lowest BCUT2D eigenvalue weighted by atomic mass is 9.99. The molecule has 1 unspecified atom stereocenters. The number of halogens is 4. The number of esters is 1. The topological polar surface area (TPSA) is 165 Å². The van der Waals surface area contributed by atoms with E-state index in [0.29, 0.717) is 17.9 Å². The number of quaternary nitrogens is 1. The third kappa shape index (κ3) is 9.08. The van der Waals surface area contributed by atoms with Gasteiger partial charge in [-0.05, 0) is 67.3 Å². The molecule has 1 saturated heterocycles. The standard InChI is InChI=1S/C33H38ClF3N4O8S/c1-18(2)26(28(33(35,36)37)49-21(6)42)39-32(46)41(17-7-8-20(41)5)31(45)27(19(3)4)38-29(43)22-9-11-23(12-10-22)30(44)40-50(47,48)25-15-13-24(34)14-16-25/h9-16,18-20,27H,7-8,17H2,1-6H3,(H2-,38,39,40,43,44,46)/p+1/t20-,27+,41?/m1/s1. The van der Waals surface area contributed by atoms with E-state index in [1.165, 1.54) is 62.4 Å². The fourth-order valence-electron chi connectivity index (χ4n) is 5.51. The second-order valence-electron chi connectivity index (χ2n) is 12.5. The third-order valence-electron chi connectivity index (χ3n) is 8.19. The summed E-state index contributed by atoms with van der Waals surface area (Å²) >= 11 is 5.79. The Morgan fingerprint density at radius 3 is 1.90 bits per heavy atom. The van der Waals surface area contributed by atoms with Gasteiger partial charge < -0.3 is 10.1 Å². The first kappa shape index (κ1) is 40.2. The quantitative estimate of drug-likeness (QED) is 0.165. The summed E-state index contributed by atoms with van der Waals surface area (Å²) < 4.78 is 72.5. The van der Waals surface area contributed by atoms with E-state index in [9.17, 15) is 45.6 Å². The predicted molar refractivity (Wildman–Crippen MR) is 176 cm³/mol. The number of imide groups is 1. The highest BCUT2D eigenvalue weighted by Gasteiger charge is 2.56.